The highest BCUT2D eigenvalue weighted by Crippen LogP contribution is 2.13. The predicted octanol–water partition coefficient (Wildman–Crippen LogP) is 1.30. The first-order chi connectivity index (χ1) is 7.47. The van der Waals surface area contributed by atoms with Crippen molar-refractivity contribution in [2.75, 3.05) is 39.5 Å². The minimum atomic E-state index is -0.0959. The quantitative estimate of drug-likeness (QED) is 0.681. The molecule has 4 nitrogen and oxygen atoms in total. The Labute approximate surface area is 97.9 Å². The molecule has 94 valence electrons. The highest BCUT2D eigenvalue weighted by Gasteiger charge is 2.15. The first kappa shape index (κ1) is 13.5. The van der Waals surface area contributed by atoms with Crippen LogP contribution in [0.2, 0.25) is 0 Å². The molecule has 0 saturated carbocycles. The smallest absolute Gasteiger partial charge is 0.307 e. The van der Waals surface area contributed by atoms with Crippen LogP contribution in [0.5, 0.6) is 0 Å². The minimum absolute atomic E-state index is 0.0502. The third-order valence-corrected chi connectivity index (χ3v) is 2.40. The van der Waals surface area contributed by atoms with Gasteiger partial charge < -0.3 is 9.47 Å². The van der Waals surface area contributed by atoms with Crippen molar-refractivity contribution in [1.82, 2.24) is 4.90 Å². The number of nitrogens with zero attached hydrogens (tertiary/aromatic N) is 1. The normalized spacial score (nSPS) is 18.4. The fourth-order valence-electron chi connectivity index (χ4n) is 1.44. The van der Waals surface area contributed by atoms with Crippen molar-refractivity contribution in [1.29, 1.82) is 0 Å². The highest BCUT2D eigenvalue weighted by atomic mass is 16.5. The van der Waals surface area contributed by atoms with Crippen molar-refractivity contribution >= 4 is 5.97 Å². The number of hydrogen-bond donors (Lipinski definition) is 0. The molecule has 0 aromatic carbocycles. The molecule has 0 spiro atoms. The van der Waals surface area contributed by atoms with Crippen molar-refractivity contribution in [3.05, 3.63) is 0 Å². The van der Waals surface area contributed by atoms with Crippen molar-refractivity contribution < 1.29 is 14.3 Å². The Bertz CT molecular complexity index is 217. The van der Waals surface area contributed by atoms with Gasteiger partial charge in [-0.1, -0.05) is 20.8 Å². The summed E-state index contributed by atoms with van der Waals surface area (Å²) in [5, 5.41) is 0. The lowest BCUT2D eigenvalue weighted by Gasteiger charge is -2.26. The molecular weight excluding hydrogens is 206 g/mol. The van der Waals surface area contributed by atoms with E-state index in [1.165, 1.54) is 0 Å². The van der Waals surface area contributed by atoms with E-state index < -0.39 is 0 Å². The zero-order chi connectivity index (χ0) is 12.0. The van der Waals surface area contributed by atoms with Crippen molar-refractivity contribution in [2.24, 2.45) is 5.41 Å². The maximum absolute atomic E-state index is 11.5. The Morgan fingerprint density at radius 2 is 1.94 bits per heavy atom. The van der Waals surface area contributed by atoms with Gasteiger partial charge in [0.25, 0.3) is 0 Å². The standard InChI is InChI=1S/C12H23NO3/c1-12(2,3)10-16-11(14)4-5-13-6-8-15-9-7-13/h4-10H2,1-3H3. The van der Waals surface area contributed by atoms with Gasteiger partial charge in [0.2, 0.25) is 0 Å². The molecule has 0 unspecified atom stereocenters. The van der Waals surface area contributed by atoms with E-state index in [1.54, 1.807) is 0 Å². The number of carbonyl (C=O) groups is 1. The van der Waals surface area contributed by atoms with Gasteiger partial charge in [0.15, 0.2) is 0 Å². The molecule has 0 N–H and O–H groups in total. The second kappa shape index (κ2) is 6.21. The molecule has 0 aromatic rings. The molecule has 1 fully saturated rings. The number of esters is 1. The first-order valence-corrected chi connectivity index (χ1v) is 5.93. The third kappa shape index (κ3) is 6.08. The molecule has 1 aliphatic heterocycles. The largest absolute Gasteiger partial charge is 0.465 e. The Kier molecular flexibility index (Phi) is 5.22. The molecule has 0 amide bonds. The first-order valence-electron chi connectivity index (χ1n) is 5.93. The van der Waals surface area contributed by atoms with E-state index in [9.17, 15) is 4.79 Å². The van der Waals surface area contributed by atoms with Gasteiger partial charge in [0.1, 0.15) is 0 Å². The van der Waals surface area contributed by atoms with Crippen LogP contribution in [0, 0.1) is 5.41 Å². The van der Waals surface area contributed by atoms with E-state index >= 15 is 0 Å². The van der Waals surface area contributed by atoms with E-state index in [0.717, 1.165) is 32.8 Å². The lowest BCUT2D eigenvalue weighted by molar-refractivity contribution is -0.147. The molecule has 1 heterocycles. The highest BCUT2D eigenvalue weighted by molar-refractivity contribution is 5.69. The van der Waals surface area contributed by atoms with Gasteiger partial charge in [0.05, 0.1) is 26.2 Å². The summed E-state index contributed by atoms with van der Waals surface area (Å²) in [6, 6.07) is 0. The van der Waals surface area contributed by atoms with Gasteiger partial charge >= 0.3 is 5.97 Å². The van der Waals surface area contributed by atoms with Gasteiger partial charge in [-0.2, -0.15) is 0 Å². The van der Waals surface area contributed by atoms with E-state index in [1.807, 2.05) is 0 Å². The third-order valence-electron chi connectivity index (χ3n) is 2.40. The van der Waals surface area contributed by atoms with Crippen LogP contribution in [0.25, 0.3) is 0 Å². The summed E-state index contributed by atoms with van der Waals surface area (Å²) in [7, 11) is 0. The summed E-state index contributed by atoms with van der Waals surface area (Å²) < 4.78 is 10.4. The van der Waals surface area contributed by atoms with Gasteiger partial charge in [-0.05, 0) is 5.41 Å². The summed E-state index contributed by atoms with van der Waals surface area (Å²) in [4.78, 5) is 13.7. The summed E-state index contributed by atoms with van der Waals surface area (Å²) in [5.41, 5.74) is 0.0502. The van der Waals surface area contributed by atoms with Crippen molar-refractivity contribution in [3.63, 3.8) is 0 Å². The lowest BCUT2D eigenvalue weighted by atomic mass is 9.99. The molecule has 0 atom stereocenters. The Hall–Kier alpha value is -0.610. The van der Waals surface area contributed by atoms with Gasteiger partial charge in [0, 0.05) is 19.6 Å². The molecule has 0 aliphatic carbocycles. The van der Waals surface area contributed by atoms with Gasteiger partial charge in [-0.25, -0.2) is 0 Å². The van der Waals surface area contributed by atoms with Crippen LogP contribution in [0.3, 0.4) is 0 Å². The minimum Gasteiger partial charge on any atom is -0.465 e. The second-order valence-electron chi connectivity index (χ2n) is 5.43. The molecule has 0 radical (unpaired) electrons. The summed E-state index contributed by atoms with van der Waals surface area (Å²) in [6.45, 7) is 10.8. The molecule has 16 heavy (non-hydrogen) atoms. The zero-order valence-corrected chi connectivity index (χ0v) is 10.6. The Morgan fingerprint density at radius 1 is 1.31 bits per heavy atom. The number of morpholine rings is 1. The number of hydrogen-bond acceptors (Lipinski definition) is 4. The molecule has 4 heteroatoms. The molecule has 0 bridgehead atoms. The van der Waals surface area contributed by atoms with E-state index in [4.69, 9.17) is 9.47 Å². The van der Waals surface area contributed by atoms with E-state index in [0.29, 0.717) is 13.0 Å². The van der Waals surface area contributed by atoms with Gasteiger partial charge in [-0.3, -0.25) is 9.69 Å². The monoisotopic (exact) mass is 229 g/mol. The molecule has 1 saturated heterocycles. The molecule has 1 rings (SSSR count). The van der Waals surface area contributed by atoms with Crippen molar-refractivity contribution in [3.8, 4) is 0 Å². The Morgan fingerprint density at radius 3 is 2.50 bits per heavy atom. The molecule has 1 aliphatic rings. The zero-order valence-electron chi connectivity index (χ0n) is 10.6. The van der Waals surface area contributed by atoms with E-state index in [2.05, 4.69) is 25.7 Å². The maximum Gasteiger partial charge on any atom is 0.307 e. The molecule has 0 aromatic heterocycles. The fourth-order valence-corrected chi connectivity index (χ4v) is 1.44. The second-order valence-corrected chi connectivity index (χ2v) is 5.43. The van der Waals surface area contributed by atoms with E-state index in [-0.39, 0.29) is 11.4 Å². The number of carbonyl (C=O) groups excluding carboxylic acids is 1. The number of ether oxygens (including phenoxy) is 2. The Balaban J connectivity index is 2.09. The SMILES string of the molecule is CC(C)(C)COC(=O)CCN1CCOCC1. The van der Waals surface area contributed by atoms with Crippen molar-refractivity contribution in [2.45, 2.75) is 27.2 Å². The summed E-state index contributed by atoms with van der Waals surface area (Å²) in [6.07, 6.45) is 0.482. The van der Waals surface area contributed by atoms with Gasteiger partial charge in [-0.15, -0.1) is 0 Å². The average Bonchev–Trinajstić information content (AvgIpc) is 2.24. The number of rotatable bonds is 4. The van der Waals surface area contributed by atoms with Crippen LogP contribution in [0.4, 0.5) is 0 Å². The van der Waals surface area contributed by atoms with Crippen LogP contribution < -0.4 is 0 Å². The maximum atomic E-state index is 11.5. The van der Waals surface area contributed by atoms with Crippen LogP contribution in [0.15, 0.2) is 0 Å². The topological polar surface area (TPSA) is 38.8 Å². The molecular formula is C12H23NO3. The van der Waals surface area contributed by atoms with Crippen LogP contribution >= 0.6 is 0 Å². The summed E-state index contributed by atoms with van der Waals surface area (Å²) >= 11 is 0. The predicted molar refractivity (Wildman–Crippen MR) is 62.3 cm³/mol. The van der Waals surface area contributed by atoms with Crippen LogP contribution in [0.1, 0.15) is 27.2 Å². The summed E-state index contributed by atoms with van der Waals surface area (Å²) in [5.74, 6) is -0.0959. The van der Waals surface area contributed by atoms with Crippen LogP contribution in [-0.4, -0.2) is 50.3 Å². The fraction of sp³-hybridized carbons (Fsp3) is 0.917. The lowest BCUT2D eigenvalue weighted by Crippen LogP contribution is -2.37. The average molecular weight is 229 g/mol. The van der Waals surface area contributed by atoms with Crippen LogP contribution in [-0.2, 0) is 14.3 Å².